The van der Waals surface area contributed by atoms with E-state index in [0.29, 0.717) is 5.56 Å². The van der Waals surface area contributed by atoms with E-state index in [1.54, 1.807) is 6.07 Å². The topological polar surface area (TPSA) is 37.3 Å². The maximum atomic E-state index is 10.9. The number of carboxylic acid groups (broad SMARTS) is 1. The van der Waals surface area contributed by atoms with Gasteiger partial charge in [0.25, 0.3) is 0 Å². The number of halogens is 1. The average Bonchev–Trinajstić information content (AvgIpc) is 2.16. The van der Waals surface area contributed by atoms with Crippen LogP contribution in [0.3, 0.4) is 0 Å². The Hall–Kier alpha value is -0.830. The Bertz CT molecular complexity index is 359. The van der Waals surface area contributed by atoms with Crippen molar-refractivity contribution in [3.8, 4) is 0 Å². The molecule has 0 aliphatic rings. The molecule has 1 aromatic carbocycles. The predicted octanol–water partition coefficient (Wildman–Crippen LogP) is 3.27. The van der Waals surface area contributed by atoms with Gasteiger partial charge in [0.2, 0.25) is 0 Å². The van der Waals surface area contributed by atoms with Gasteiger partial charge in [-0.05, 0) is 36.1 Å². The third kappa shape index (κ3) is 2.15. The molecule has 0 aliphatic carbocycles. The highest BCUT2D eigenvalue weighted by molar-refractivity contribution is 9.10. The van der Waals surface area contributed by atoms with E-state index in [2.05, 4.69) is 15.9 Å². The van der Waals surface area contributed by atoms with E-state index in [-0.39, 0.29) is 0 Å². The molecule has 0 unspecified atom stereocenters. The van der Waals surface area contributed by atoms with E-state index in [1.165, 1.54) is 0 Å². The first-order valence-corrected chi connectivity index (χ1v) is 5.44. The van der Waals surface area contributed by atoms with Crippen LogP contribution in [0.2, 0.25) is 0 Å². The molecule has 2 nitrogen and oxygen atoms in total. The first kappa shape index (κ1) is 11.2. The summed E-state index contributed by atoms with van der Waals surface area (Å²) in [6, 6.07) is 3.66. The summed E-state index contributed by atoms with van der Waals surface area (Å²) < 4.78 is 1.00. The van der Waals surface area contributed by atoms with Crippen LogP contribution in [0, 0.1) is 0 Å². The van der Waals surface area contributed by atoms with Crippen LogP contribution < -0.4 is 0 Å². The molecule has 0 atom stereocenters. The Morgan fingerprint density at radius 2 is 1.86 bits per heavy atom. The second kappa shape index (κ2) is 4.60. The molecule has 0 heterocycles. The van der Waals surface area contributed by atoms with Crippen LogP contribution in [-0.4, -0.2) is 11.1 Å². The van der Waals surface area contributed by atoms with E-state index < -0.39 is 5.97 Å². The van der Waals surface area contributed by atoms with Gasteiger partial charge in [0, 0.05) is 4.47 Å². The molecule has 0 aromatic heterocycles. The zero-order chi connectivity index (χ0) is 10.7. The molecule has 0 fully saturated rings. The number of rotatable bonds is 3. The second-order valence-electron chi connectivity index (χ2n) is 3.11. The van der Waals surface area contributed by atoms with E-state index in [1.807, 2.05) is 19.9 Å². The van der Waals surface area contributed by atoms with Crippen LogP contribution >= 0.6 is 15.9 Å². The Morgan fingerprint density at radius 1 is 1.29 bits per heavy atom. The van der Waals surface area contributed by atoms with Gasteiger partial charge < -0.3 is 5.11 Å². The van der Waals surface area contributed by atoms with Crippen molar-refractivity contribution in [2.24, 2.45) is 0 Å². The minimum absolute atomic E-state index is 0.424. The lowest BCUT2D eigenvalue weighted by molar-refractivity contribution is 0.0695. The largest absolute Gasteiger partial charge is 0.478 e. The van der Waals surface area contributed by atoms with E-state index in [9.17, 15) is 4.79 Å². The molecule has 3 heteroatoms. The summed E-state index contributed by atoms with van der Waals surface area (Å²) in [5, 5.41) is 8.99. The summed E-state index contributed by atoms with van der Waals surface area (Å²) in [6.07, 6.45) is 1.58. The quantitative estimate of drug-likeness (QED) is 0.902. The van der Waals surface area contributed by atoms with E-state index in [0.717, 1.165) is 28.4 Å². The smallest absolute Gasteiger partial charge is 0.335 e. The highest BCUT2D eigenvalue weighted by Crippen LogP contribution is 2.23. The summed E-state index contributed by atoms with van der Waals surface area (Å²) in [5.41, 5.74) is 2.34. The molecule has 0 saturated carbocycles. The monoisotopic (exact) mass is 256 g/mol. The van der Waals surface area contributed by atoms with Gasteiger partial charge >= 0.3 is 5.97 Å². The Labute approximate surface area is 92.1 Å². The van der Waals surface area contributed by atoms with Gasteiger partial charge in [0.15, 0.2) is 0 Å². The molecular weight excluding hydrogens is 244 g/mol. The maximum absolute atomic E-state index is 10.9. The number of aryl methyl sites for hydroxylation is 2. The summed E-state index contributed by atoms with van der Waals surface area (Å²) in [7, 11) is 0. The highest BCUT2D eigenvalue weighted by atomic mass is 79.9. The normalized spacial score (nSPS) is 10.2. The van der Waals surface area contributed by atoms with Gasteiger partial charge in [0.1, 0.15) is 0 Å². The fourth-order valence-electron chi connectivity index (χ4n) is 1.42. The van der Waals surface area contributed by atoms with Gasteiger partial charge in [-0.2, -0.15) is 0 Å². The molecule has 14 heavy (non-hydrogen) atoms. The average molecular weight is 257 g/mol. The molecule has 0 aliphatic heterocycles. The molecule has 0 bridgehead atoms. The fourth-order valence-corrected chi connectivity index (χ4v) is 2.09. The first-order valence-electron chi connectivity index (χ1n) is 4.64. The van der Waals surface area contributed by atoms with E-state index >= 15 is 0 Å². The number of hydrogen-bond donors (Lipinski definition) is 1. The van der Waals surface area contributed by atoms with Gasteiger partial charge in [-0.25, -0.2) is 4.79 Å². The van der Waals surface area contributed by atoms with Crippen molar-refractivity contribution in [3.63, 3.8) is 0 Å². The number of aromatic carboxylic acids is 1. The Morgan fingerprint density at radius 3 is 2.29 bits per heavy atom. The number of carbonyl (C=O) groups is 1. The van der Waals surface area contributed by atoms with Crippen LogP contribution in [0.1, 0.15) is 35.3 Å². The molecule has 1 rings (SSSR count). The molecule has 0 radical (unpaired) electrons. The van der Waals surface area contributed by atoms with Crippen molar-refractivity contribution in [1.29, 1.82) is 0 Å². The molecular formula is C11H13BrO2. The molecule has 0 amide bonds. The zero-order valence-electron chi connectivity index (χ0n) is 8.30. The maximum Gasteiger partial charge on any atom is 0.335 e. The lowest BCUT2D eigenvalue weighted by Gasteiger charge is -2.08. The van der Waals surface area contributed by atoms with Gasteiger partial charge in [-0.15, -0.1) is 0 Å². The minimum Gasteiger partial charge on any atom is -0.478 e. The van der Waals surface area contributed by atoms with Gasteiger partial charge in [-0.3, -0.25) is 0 Å². The van der Waals surface area contributed by atoms with Crippen LogP contribution in [0.5, 0.6) is 0 Å². The van der Waals surface area contributed by atoms with Crippen LogP contribution in [0.15, 0.2) is 16.6 Å². The Balaban J connectivity index is 3.32. The molecule has 1 aromatic rings. The van der Waals surface area contributed by atoms with Crippen molar-refractivity contribution < 1.29 is 9.90 Å². The van der Waals surface area contributed by atoms with Crippen LogP contribution in [0.4, 0.5) is 0 Å². The predicted molar refractivity (Wildman–Crippen MR) is 59.9 cm³/mol. The molecule has 76 valence electrons. The van der Waals surface area contributed by atoms with Crippen LogP contribution in [0.25, 0.3) is 0 Å². The second-order valence-corrected chi connectivity index (χ2v) is 3.97. The Kier molecular flexibility index (Phi) is 3.69. The fraction of sp³-hybridized carbons (Fsp3) is 0.364. The number of carboxylic acids is 1. The van der Waals surface area contributed by atoms with E-state index in [4.69, 9.17) is 5.11 Å². The van der Waals surface area contributed by atoms with Crippen molar-refractivity contribution in [2.75, 3.05) is 0 Å². The lowest BCUT2D eigenvalue weighted by Crippen LogP contribution is -2.03. The summed E-state index contributed by atoms with van der Waals surface area (Å²) in [6.45, 7) is 3.97. The highest BCUT2D eigenvalue weighted by Gasteiger charge is 2.11. The summed E-state index contributed by atoms with van der Waals surface area (Å²) in [4.78, 5) is 10.9. The minimum atomic E-state index is -0.843. The number of benzene rings is 1. The van der Waals surface area contributed by atoms with Crippen molar-refractivity contribution in [1.82, 2.24) is 0 Å². The lowest BCUT2D eigenvalue weighted by atomic mass is 10.0. The summed E-state index contributed by atoms with van der Waals surface area (Å²) >= 11 is 3.44. The summed E-state index contributed by atoms with van der Waals surface area (Å²) in [5.74, 6) is -0.843. The SMILES string of the molecule is CCc1cc(C(=O)O)c(CC)cc1Br. The zero-order valence-corrected chi connectivity index (χ0v) is 9.89. The first-order chi connectivity index (χ1) is 6.60. The third-order valence-corrected chi connectivity index (χ3v) is 3.00. The third-order valence-electron chi connectivity index (χ3n) is 2.26. The number of hydrogen-bond acceptors (Lipinski definition) is 1. The molecule has 0 spiro atoms. The van der Waals surface area contributed by atoms with Crippen molar-refractivity contribution in [3.05, 3.63) is 33.3 Å². The van der Waals surface area contributed by atoms with Crippen molar-refractivity contribution in [2.45, 2.75) is 26.7 Å². The van der Waals surface area contributed by atoms with Crippen LogP contribution in [-0.2, 0) is 12.8 Å². The van der Waals surface area contributed by atoms with Gasteiger partial charge in [0.05, 0.1) is 5.56 Å². The standard InChI is InChI=1S/C11H13BrO2/c1-3-7-6-10(12)8(4-2)5-9(7)11(13)14/h5-6H,3-4H2,1-2H3,(H,13,14). The molecule has 0 saturated heterocycles. The van der Waals surface area contributed by atoms with Crippen molar-refractivity contribution >= 4 is 21.9 Å². The van der Waals surface area contributed by atoms with Gasteiger partial charge in [-0.1, -0.05) is 29.8 Å². The molecule has 1 N–H and O–H groups in total.